The lowest BCUT2D eigenvalue weighted by Gasteiger charge is -2.58. The molecule has 142 valence electrons. The number of hydrogen-bond donors (Lipinski definition) is 0. The van der Waals surface area contributed by atoms with Gasteiger partial charge in [0.15, 0.2) is 5.78 Å². The van der Waals surface area contributed by atoms with Crippen molar-refractivity contribution in [2.45, 2.75) is 72.3 Å². The molecule has 4 aliphatic carbocycles. The van der Waals surface area contributed by atoms with Crippen molar-refractivity contribution in [3.63, 3.8) is 0 Å². The van der Waals surface area contributed by atoms with Crippen molar-refractivity contribution in [3.05, 3.63) is 11.6 Å². The van der Waals surface area contributed by atoms with Gasteiger partial charge in [-0.2, -0.15) is 0 Å². The van der Waals surface area contributed by atoms with Crippen molar-refractivity contribution in [2.24, 2.45) is 34.5 Å². The van der Waals surface area contributed by atoms with Crippen LogP contribution in [0.25, 0.3) is 0 Å². The van der Waals surface area contributed by atoms with Gasteiger partial charge in [0, 0.05) is 31.1 Å². The number of carbonyl (C=O) groups excluding carboxylic acids is 3. The second kappa shape index (κ2) is 5.77. The highest BCUT2D eigenvalue weighted by Gasteiger charge is 2.64. The van der Waals surface area contributed by atoms with Crippen LogP contribution in [0.1, 0.15) is 66.2 Å². The molecule has 4 aliphatic rings. The monoisotopic (exact) mass is 358 g/mol. The molecule has 3 saturated carbocycles. The zero-order valence-corrected chi connectivity index (χ0v) is 16.3. The molecule has 4 nitrogen and oxygen atoms in total. The minimum absolute atomic E-state index is 0.0137. The van der Waals surface area contributed by atoms with Crippen LogP contribution in [0.4, 0.5) is 0 Å². The third-order valence-corrected chi connectivity index (χ3v) is 8.23. The molecule has 3 unspecified atom stereocenters. The number of rotatable bonds is 1. The van der Waals surface area contributed by atoms with E-state index in [0.717, 1.165) is 25.7 Å². The first kappa shape index (κ1) is 17.9. The fourth-order valence-corrected chi connectivity index (χ4v) is 7.04. The Morgan fingerprint density at radius 1 is 1.23 bits per heavy atom. The Labute approximate surface area is 155 Å². The molecule has 0 bridgehead atoms. The maximum Gasteiger partial charge on any atom is 0.302 e. The second-order valence-corrected chi connectivity index (χ2v) is 9.72. The predicted octanol–water partition coefficient (Wildman–Crippen LogP) is 3.88. The van der Waals surface area contributed by atoms with Gasteiger partial charge in [-0.1, -0.05) is 26.3 Å². The molecule has 0 heterocycles. The van der Waals surface area contributed by atoms with Crippen molar-refractivity contribution in [3.8, 4) is 0 Å². The van der Waals surface area contributed by atoms with Crippen LogP contribution >= 0.6 is 0 Å². The zero-order valence-electron chi connectivity index (χ0n) is 16.3. The number of allylic oxidation sites excluding steroid dienone is 1. The number of hydrogen-bond acceptors (Lipinski definition) is 4. The zero-order chi connectivity index (χ0) is 18.9. The molecule has 0 spiro atoms. The van der Waals surface area contributed by atoms with Crippen LogP contribution in [-0.2, 0) is 19.1 Å². The van der Waals surface area contributed by atoms with Crippen LogP contribution in [0.15, 0.2) is 11.6 Å². The Balaban J connectivity index is 1.74. The molecule has 4 heteroatoms. The van der Waals surface area contributed by atoms with Crippen molar-refractivity contribution < 1.29 is 19.1 Å². The molecule has 0 aliphatic heterocycles. The maximum absolute atomic E-state index is 13.4. The van der Waals surface area contributed by atoms with Gasteiger partial charge < -0.3 is 4.74 Å². The van der Waals surface area contributed by atoms with Gasteiger partial charge in [-0.25, -0.2) is 0 Å². The molecule has 0 aromatic rings. The minimum Gasteiger partial charge on any atom is -0.462 e. The van der Waals surface area contributed by atoms with Crippen molar-refractivity contribution in [1.29, 1.82) is 0 Å². The highest BCUT2D eigenvalue weighted by molar-refractivity contribution is 5.93. The average molecular weight is 358 g/mol. The number of ether oxygens (including phenoxy) is 1. The van der Waals surface area contributed by atoms with Crippen LogP contribution in [0.5, 0.6) is 0 Å². The van der Waals surface area contributed by atoms with E-state index < -0.39 is 0 Å². The molecule has 0 aromatic heterocycles. The van der Waals surface area contributed by atoms with E-state index in [-0.39, 0.29) is 34.6 Å². The van der Waals surface area contributed by atoms with Crippen molar-refractivity contribution >= 4 is 17.5 Å². The van der Waals surface area contributed by atoms with Crippen molar-refractivity contribution in [1.82, 2.24) is 0 Å². The fraction of sp³-hybridized carbons (Fsp3) is 0.773. The first-order chi connectivity index (χ1) is 12.2. The lowest BCUT2D eigenvalue weighted by molar-refractivity contribution is -0.165. The number of fused-ring (bicyclic) bond motifs is 5. The molecule has 0 aromatic carbocycles. The van der Waals surface area contributed by atoms with Crippen LogP contribution in [0.2, 0.25) is 0 Å². The number of ketones is 2. The summed E-state index contributed by atoms with van der Waals surface area (Å²) >= 11 is 0. The van der Waals surface area contributed by atoms with Gasteiger partial charge in [-0.05, 0) is 54.9 Å². The summed E-state index contributed by atoms with van der Waals surface area (Å²) < 4.78 is 5.65. The van der Waals surface area contributed by atoms with E-state index in [0.29, 0.717) is 36.4 Å². The van der Waals surface area contributed by atoms with Crippen LogP contribution < -0.4 is 0 Å². The molecular formula is C22H30O4. The Morgan fingerprint density at radius 3 is 2.65 bits per heavy atom. The van der Waals surface area contributed by atoms with Crippen molar-refractivity contribution in [2.75, 3.05) is 0 Å². The highest BCUT2D eigenvalue weighted by atomic mass is 16.5. The van der Waals surface area contributed by atoms with Gasteiger partial charge in [0.05, 0.1) is 0 Å². The Hall–Kier alpha value is -1.45. The number of Topliss-reactive ketones (excluding diaryl/α,β-unsaturated/α-hetero) is 1. The molecule has 0 N–H and O–H groups in total. The van der Waals surface area contributed by atoms with E-state index in [1.807, 2.05) is 6.08 Å². The third-order valence-electron chi connectivity index (χ3n) is 8.23. The van der Waals surface area contributed by atoms with E-state index in [1.54, 1.807) is 0 Å². The first-order valence-electron chi connectivity index (χ1n) is 10.1. The van der Waals surface area contributed by atoms with E-state index in [4.69, 9.17) is 4.74 Å². The molecular weight excluding hydrogens is 328 g/mol. The van der Waals surface area contributed by atoms with Crippen LogP contribution in [0, 0.1) is 34.5 Å². The summed E-state index contributed by atoms with van der Waals surface area (Å²) in [4.78, 5) is 37.0. The summed E-state index contributed by atoms with van der Waals surface area (Å²) in [5.41, 5.74) is 0.803. The quantitative estimate of drug-likeness (QED) is 0.668. The van der Waals surface area contributed by atoms with Gasteiger partial charge in [0.25, 0.3) is 0 Å². The molecule has 26 heavy (non-hydrogen) atoms. The maximum atomic E-state index is 13.4. The topological polar surface area (TPSA) is 60.4 Å². The Bertz CT molecular complexity index is 707. The SMILES string of the molecule is CC(=O)O[C@H]1CCC2C3C(C(=O)C[C@@]21C)[C@@]1(C)CCC(=O)C=C1C[C@H]3C. The lowest BCUT2D eigenvalue weighted by atomic mass is 9.45. The lowest BCUT2D eigenvalue weighted by Crippen LogP contribution is -2.58. The summed E-state index contributed by atoms with van der Waals surface area (Å²) in [6.45, 7) is 8.09. The fourth-order valence-electron chi connectivity index (χ4n) is 7.04. The molecule has 0 saturated heterocycles. The number of esters is 1. The van der Waals surface area contributed by atoms with Crippen LogP contribution in [0.3, 0.4) is 0 Å². The summed E-state index contributed by atoms with van der Waals surface area (Å²) in [5, 5.41) is 0. The standard InChI is InChI=1S/C22H30O4/c1-12-9-14-10-15(24)7-8-21(14,3)20-17(25)11-22(4)16(19(12)20)5-6-18(22)26-13(2)23/h10,12,16,18-20H,5-9,11H2,1-4H3/t12-,16?,18+,19?,20?,21+,22+/m1/s1. The summed E-state index contributed by atoms with van der Waals surface area (Å²) in [6.07, 6.45) is 6.37. The minimum atomic E-state index is -0.244. The van der Waals surface area contributed by atoms with E-state index in [2.05, 4.69) is 20.8 Å². The third kappa shape index (κ3) is 2.36. The summed E-state index contributed by atoms with van der Waals surface area (Å²) in [6, 6.07) is 0. The molecule has 3 fully saturated rings. The number of carbonyl (C=O) groups is 3. The molecule has 4 rings (SSSR count). The summed E-state index contributed by atoms with van der Waals surface area (Å²) in [5.74, 6) is 1.44. The Morgan fingerprint density at radius 2 is 1.96 bits per heavy atom. The van der Waals surface area contributed by atoms with Gasteiger partial charge in [-0.3, -0.25) is 14.4 Å². The highest BCUT2D eigenvalue weighted by Crippen LogP contribution is 2.65. The van der Waals surface area contributed by atoms with Gasteiger partial charge >= 0.3 is 5.97 Å². The summed E-state index contributed by atoms with van der Waals surface area (Å²) in [7, 11) is 0. The molecule has 0 radical (unpaired) electrons. The largest absolute Gasteiger partial charge is 0.462 e. The smallest absolute Gasteiger partial charge is 0.302 e. The predicted molar refractivity (Wildman–Crippen MR) is 97.2 cm³/mol. The van der Waals surface area contributed by atoms with E-state index in [1.165, 1.54) is 12.5 Å². The first-order valence-corrected chi connectivity index (χ1v) is 10.1. The van der Waals surface area contributed by atoms with E-state index in [9.17, 15) is 14.4 Å². The Kier molecular flexibility index (Phi) is 3.98. The molecule has 7 atom stereocenters. The van der Waals surface area contributed by atoms with Crippen LogP contribution in [-0.4, -0.2) is 23.6 Å². The van der Waals surface area contributed by atoms with E-state index >= 15 is 0 Å². The second-order valence-electron chi connectivity index (χ2n) is 9.72. The normalized spacial score (nSPS) is 47.5. The van der Waals surface area contributed by atoms with Gasteiger partial charge in [-0.15, -0.1) is 0 Å². The van der Waals surface area contributed by atoms with Gasteiger partial charge in [0.1, 0.15) is 11.9 Å². The van der Waals surface area contributed by atoms with Gasteiger partial charge in [0.2, 0.25) is 0 Å². The average Bonchev–Trinajstić information content (AvgIpc) is 2.84. The molecule has 0 amide bonds.